The molecule has 0 bridgehead atoms. The lowest BCUT2D eigenvalue weighted by Gasteiger charge is -2.29. The molecule has 0 aliphatic carbocycles. The molecule has 0 saturated carbocycles. The molecule has 1 aliphatic heterocycles. The molecule has 1 saturated heterocycles. The zero-order valence-corrected chi connectivity index (χ0v) is 12.3. The van der Waals surface area contributed by atoms with Gasteiger partial charge in [0.25, 0.3) is 5.91 Å². The van der Waals surface area contributed by atoms with E-state index in [4.69, 9.17) is 5.26 Å². The SMILES string of the molecule is CC(C)(C)c1nnsc1C(=O)N1CCC(C#N)CC1. The molecule has 6 heteroatoms. The minimum atomic E-state index is -0.178. The van der Waals surface area contributed by atoms with Gasteiger partial charge in [-0.15, -0.1) is 5.10 Å². The molecule has 1 aromatic heterocycles. The van der Waals surface area contributed by atoms with Gasteiger partial charge < -0.3 is 4.90 Å². The fourth-order valence-electron chi connectivity index (χ4n) is 2.18. The van der Waals surface area contributed by atoms with Crippen LogP contribution in [0.2, 0.25) is 0 Å². The molecule has 2 heterocycles. The zero-order valence-electron chi connectivity index (χ0n) is 11.5. The maximum Gasteiger partial charge on any atom is 0.267 e. The van der Waals surface area contributed by atoms with E-state index in [-0.39, 0.29) is 17.2 Å². The van der Waals surface area contributed by atoms with Crippen molar-refractivity contribution in [2.75, 3.05) is 13.1 Å². The second-order valence-electron chi connectivity index (χ2n) is 5.90. The van der Waals surface area contributed by atoms with E-state index in [0.717, 1.165) is 18.5 Å². The normalized spacial score (nSPS) is 17.3. The van der Waals surface area contributed by atoms with Gasteiger partial charge in [0.1, 0.15) is 4.88 Å². The molecule has 0 atom stereocenters. The maximum atomic E-state index is 12.5. The maximum absolute atomic E-state index is 12.5. The summed E-state index contributed by atoms with van der Waals surface area (Å²) >= 11 is 1.17. The van der Waals surface area contributed by atoms with Gasteiger partial charge in [0, 0.05) is 24.4 Å². The van der Waals surface area contributed by atoms with E-state index >= 15 is 0 Å². The van der Waals surface area contributed by atoms with Crippen LogP contribution in [0, 0.1) is 17.2 Å². The molecule has 102 valence electrons. The number of carbonyl (C=O) groups is 1. The van der Waals surface area contributed by atoms with Crippen LogP contribution in [0.5, 0.6) is 0 Å². The van der Waals surface area contributed by atoms with E-state index in [1.54, 1.807) is 0 Å². The van der Waals surface area contributed by atoms with E-state index in [9.17, 15) is 4.79 Å². The lowest BCUT2D eigenvalue weighted by Crippen LogP contribution is -2.38. The Kier molecular flexibility index (Phi) is 3.85. The summed E-state index contributed by atoms with van der Waals surface area (Å²) in [6.07, 6.45) is 1.53. The third-order valence-electron chi connectivity index (χ3n) is 3.36. The van der Waals surface area contributed by atoms with Crippen molar-refractivity contribution < 1.29 is 4.79 Å². The van der Waals surface area contributed by atoms with Crippen molar-refractivity contribution >= 4 is 17.4 Å². The predicted octanol–water partition coefficient (Wildman–Crippen LogP) is 2.21. The Labute approximate surface area is 117 Å². The summed E-state index contributed by atoms with van der Waals surface area (Å²) in [5, 5.41) is 13.0. The van der Waals surface area contributed by atoms with Gasteiger partial charge in [-0.2, -0.15) is 5.26 Å². The van der Waals surface area contributed by atoms with Crippen molar-refractivity contribution in [3.8, 4) is 6.07 Å². The second-order valence-corrected chi connectivity index (χ2v) is 6.65. The number of carbonyl (C=O) groups excluding carboxylic acids is 1. The molecule has 2 rings (SSSR count). The average molecular weight is 278 g/mol. The first-order chi connectivity index (χ1) is 8.93. The number of nitriles is 1. The highest BCUT2D eigenvalue weighted by Gasteiger charge is 2.30. The van der Waals surface area contributed by atoms with Gasteiger partial charge in [0.15, 0.2) is 0 Å². The Bertz CT molecular complexity index is 503. The Morgan fingerprint density at radius 1 is 1.42 bits per heavy atom. The number of amides is 1. The lowest BCUT2D eigenvalue weighted by atomic mass is 9.91. The molecule has 0 radical (unpaired) electrons. The fourth-order valence-corrected chi connectivity index (χ4v) is 3.02. The third-order valence-corrected chi connectivity index (χ3v) is 4.07. The van der Waals surface area contributed by atoms with Gasteiger partial charge in [0.05, 0.1) is 11.8 Å². The topological polar surface area (TPSA) is 69.9 Å². The summed E-state index contributed by atoms with van der Waals surface area (Å²) < 4.78 is 3.93. The predicted molar refractivity (Wildman–Crippen MR) is 72.8 cm³/mol. The highest BCUT2D eigenvalue weighted by atomic mass is 32.1. The van der Waals surface area contributed by atoms with Gasteiger partial charge in [-0.05, 0) is 24.4 Å². The smallest absolute Gasteiger partial charge is 0.267 e. The van der Waals surface area contributed by atoms with E-state index in [2.05, 4.69) is 15.7 Å². The summed E-state index contributed by atoms with van der Waals surface area (Å²) in [5.41, 5.74) is 0.591. The van der Waals surface area contributed by atoms with Crippen LogP contribution >= 0.6 is 11.5 Å². The number of likely N-dealkylation sites (tertiary alicyclic amines) is 1. The van der Waals surface area contributed by atoms with Crippen molar-refractivity contribution in [2.45, 2.75) is 39.0 Å². The van der Waals surface area contributed by atoms with Crippen molar-refractivity contribution in [3.63, 3.8) is 0 Å². The molecule has 0 unspecified atom stereocenters. The fraction of sp³-hybridized carbons (Fsp3) is 0.692. The molecule has 0 spiro atoms. The molecule has 19 heavy (non-hydrogen) atoms. The minimum absolute atomic E-state index is 0.0105. The molecular formula is C13H18N4OS. The second kappa shape index (κ2) is 5.25. The summed E-state index contributed by atoms with van der Waals surface area (Å²) in [6.45, 7) is 7.39. The lowest BCUT2D eigenvalue weighted by molar-refractivity contribution is 0.0709. The van der Waals surface area contributed by atoms with Crippen LogP contribution in [0.3, 0.4) is 0 Å². The molecule has 1 aromatic rings. The third kappa shape index (κ3) is 2.92. The standard InChI is InChI=1S/C13H18N4OS/c1-13(2,3)11-10(19-16-15-11)12(18)17-6-4-9(8-14)5-7-17/h9H,4-7H2,1-3H3. The van der Waals surface area contributed by atoms with Crippen LogP contribution in [-0.4, -0.2) is 33.5 Å². The number of piperidine rings is 1. The van der Waals surface area contributed by atoms with Crippen LogP contribution in [-0.2, 0) is 5.41 Å². The average Bonchev–Trinajstić information content (AvgIpc) is 2.87. The zero-order chi connectivity index (χ0) is 14.0. The molecule has 0 aromatic carbocycles. The van der Waals surface area contributed by atoms with E-state index in [1.807, 2.05) is 25.7 Å². The summed E-state index contributed by atoms with van der Waals surface area (Å²) in [4.78, 5) is 15.0. The molecular weight excluding hydrogens is 260 g/mol. The van der Waals surface area contributed by atoms with Gasteiger partial charge in [0.2, 0.25) is 0 Å². The Hall–Kier alpha value is -1.48. The monoisotopic (exact) mass is 278 g/mol. The first-order valence-electron chi connectivity index (χ1n) is 6.45. The van der Waals surface area contributed by atoms with E-state index in [0.29, 0.717) is 18.0 Å². The first-order valence-corrected chi connectivity index (χ1v) is 7.22. The molecule has 1 aliphatic rings. The van der Waals surface area contributed by atoms with Crippen molar-refractivity contribution in [3.05, 3.63) is 10.6 Å². The van der Waals surface area contributed by atoms with Crippen LogP contribution in [0.1, 0.15) is 49.0 Å². The van der Waals surface area contributed by atoms with Gasteiger partial charge >= 0.3 is 0 Å². The first kappa shape index (κ1) is 13.9. The molecule has 0 N–H and O–H groups in total. The van der Waals surface area contributed by atoms with Crippen molar-refractivity contribution in [1.29, 1.82) is 5.26 Å². The van der Waals surface area contributed by atoms with E-state index < -0.39 is 0 Å². The Balaban J connectivity index is 2.14. The molecule has 1 amide bonds. The Morgan fingerprint density at radius 3 is 2.58 bits per heavy atom. The van der Waals surface area contributed by atoms with Crippen LogP contribution in [0.25, 0.3) is 0 Å². The molecule has 1 fully saturated rings. The van der Waals surface area contributed by atoms with Crippen LogP contribution < -0.4 is 0 Å². The highest BCUT2D eigenvalue weighted by molar-refractivity contribution is 7.08. The Morgan fingerprint density at radius 2 is 2.05 bits per heavy atom. The largest absolute Gasteiger partial charge is 0.338 e. The number of hydrogen-bond donors (Lipinski definition) is 0. The number of rotatable bonds is 1. The van der Waals surface area contributed by atoms with Crippen molar-refractivity contribution in [2.24, 2.45) is 5.92 Å². The quantitative estimate of drug-likeness (QED) is 0.789. The molecule has 5 nitrogen and oxygen atoms in total. The minimum Gasteiger partial charge on any atom is -0.338 e. The summed E-state index contributed by atoms with van der Waals surface area (Å²) in [7, 11) is 0. The van der Waals surface area contributed by atoms with E-state index in [1.165, 1.54) is 11.5 Å². The van der Waals surface area contributed by atoms with Gasteiger partial charge in [-0.25, -0.2) is 0 Å². The summed E-state index contributed by atoms with van der Waals surface area (Å²) in [6, 6.07) is 2.27. The van der Waals surface area contributed by atoms with Crippen molar-refractivity contribution in [1.82, 2.24) is 14.5 Å². The number of aromatic nitrogens is 2. The summed E-state index contributed by atoms with van der Waals surface area (Å²) in [5.74, 6) is 0.0991. The van der Waals surface area contributed by atoms with Gasteiger partial charge in [-0.1, -0.05) is 25.3 Å². The van der Waals surface area contributed by atoms with Gasteiger partial charge in [-0.3, -0.25) is 4.79 Å². The van der Waals surface area contributed by atoms with Crippen LogP contribution in [0.15, 0.2) is 0 Å². The highest BCUT2D eigenvalue weighted by Crippen LogP contribution is 2.28. The van der Waals surface area contributed by atoms with Crippen LogP contribution in [0.4, 0.5) is 0 Å². The number of hydrogen-bond acceptors (Lipinski definition) is 5. The number of nitrogens with zero attached hydrogens (tertiary/aromatic N) is 4.